The van der Waals surface area contributed by atoms with Gasteiger partial charge in [0.05, 0.1) is 12.6 Å². The molecule has 112 valence electrons. The highest BCUT2D eigenvalue weighted by Crippen LogP contribution is 2.38. The van der Waals surface area contributed by atoms with Crippen molar-refractivity contribution in [3.05, 3.63) is 50.7 Å². The predicted molar refractivity (Wildman–Crippen MR) is 89.6 cm³/mol. The number of nitrogens with one attached hydrogen (secondary N) is 1. The second-order valence-corrected chi connectivity index (χ2v) is 6.95. The Kier molecular flexibility index (Phi) is 4.32. The van der Waals surface area contributed by atoms with E-state index in [1.165, 1.54) is 26.4 Å². The molecule has 2 aromatic rings. The van der Waals surface area contributed by atoms with Crippen LogP contribution in [0.5, 0.6) is 5.75 Å². The summed E-state index contributed by atoms with van der Waals surface area (Å²) in [7, 11) is 0. The second-order valence-electron chi connectivity index (χ2n) is 5.67. The minimum absolute atomic E-state index is 0.237. The zero-order valence-corrected chi connectivity index (χ0v) is 13.8. The van der Waals surface area contributed by atoms with Crippen molar-refractivity contribution < 1.29 is 4.74 Å². The van der Waals surface area contributed by atoms with Gasteiger partial charge in [-0.2, -0.15) is 0 Å². The maximum absolute atomic E-state index is 6.01. The van der Waals surface area contributed by atoms with Crippen LogP contribution in [0.25, 0.3) is 0 Å². The fourth-order valence-electron chi connectivity index (χ4n) is 2.95. The third-order valence-electron chi connectivity index (χ3n) is 4.15. The predicted octanol–water partition coefficient (Wildman–Crippen LogP) is 4.39. The molecule has 1 aliphatic rings. The van der Waals surface area contributed by atoms with Crippen LogP contribution in [0.1, 0.15) is 45.8 Å². The Labute approximate surface area is 131 Å². The first-order valence-corrected chi connectivity index (χ1v) is 8.57. The van der Waals surface area contributed by atoms with Crippen molar-refractivity contribution >= 4 is 11.3 Å². The van der Waals surface area contributed by atoms with E-state index in [1.807, 2.05) is 11.3 Å². The van der Waals surface area contributed by atoms with E-state index in [0.717, 1.165) is 31.7 Å². The van der Waals surface area contributed by atoms with E-state index in [0.29, 0.717) is 0 Å². The normalized spacial score (nSPS) is 15.4. The minimum Gasteiger partial charge on any atom is -0.493 e. The molecule has 3 heteroatoms. The van der Waals surface area contributed by atoms with E-state index >= 15 is 0 Å². The van der Waals surface area contributed by atoms with Gasteiger partial charge in [0.25, 0.3) is 0 Å². The molecule has 0 fully saturated rings. The van der Waals surface area contributed by atoms with E-state index in [9.17, 15) is 0 Å². The van der Waals surface area contributed by atoms with Crippen LogP contribution in [0.2, 0.25) is 0 Å². The summed E-state index contributed by atoms with van der Waals surface area (Å²) in [6.07, 6.45) is 2.25. The summed E-state index contributed by atoms with van der Waals surface area (Å²) < 4.78 is 6.01. The standard InChI is InChI=1S/C18H23NOS/c1-4-19-17(16-11-12(2)13(3)21-16)15-9-5-7-14-8-6-10-20-18(14)15/h5,7,9,11,17,19H,4,6,8,10H2,1-3H3. The van der Waals surface area contributed by atoms with Crippen LogP contribution >= 0.6 is 11.3 Å². The van der Waals surface area contributed by atoms with Gasteiger partial charge in [-0.15, -0.1) is 11.3 Å². The number of rotatable bonds is 4. The maximum atomic E-state index is 6.01. The molecule has 1 unspecified atom stereocenters. The Morgan fingerprint density at radius 3 is 2.90 bits per heavy atom. The van der Waals surface area contributed by atoms with Crippen LogP contribution in [-0.2, 0) is 6.42 Å². The summed E-state index contributed by atoms with van der Waals surface area (Å²) in [4.78, 5) is 2.79. The molecule has 0 radical (unpaired) electrons. The van der Waals surface area contributed by atoms with Gasteiger partial charge in [-0.3, -0.25) is 0 Å². The average Bonchev–Trinajstić information content (AvgIpc) is 2.84. The summed E-state index contributed by atoms with van der Waals surface area (Å²) in [6, 6.07) is 9.13. The Balaban J connectivity index is 2.05. The zero-order chi connectivity index (χ0) is 14.8. The van der Waals surface area contributed by atoms with Crippen molar-refractivity contribution in [2.24, 2.45) is 0 Å². The van der Waals surface area contributed by atoms with Gasteiger partial charge in [0.2, 0.25) is 0 Å². The van der Waals surface area contributed by atoms with Crippen molar-refractivity contribution in [1.29, 1.82) is 0 Å². The van der Waals surface area contributed by atoms with Crippen molar-refractivity contribution in [3.8, 4) is 5.75 Å². The molecule has 3 rings (SSSR count). The molecule has 0 amide bonds. The van der Waals surface area contributed by atoms with Crippen molar-refractivity contribution in [2.75, 3.05) is 13.2 Å². The lowest BCUT2D eigenvalue weighted by molar-refractivity contribution is 0.283. The molecule has 21 heavy (non-hydrogen) atoms. The summed E-state index contributed by atoms with van der Waals surface area (Å²) >= 11 is 1.89. The van der Waals surface area contributed by atoms with E-state index < -0.39 is 0 Å². The number of hydrogen-bond acceptors (Lipinski definition) is 3. The Morgan fingerprint density at radius 1 is 1.33 bits per heavy atom. The molecule has 1 aliphatic heterocycles. The molecule has 0 saturated heterocycles. The maximum Gasteiger partial charge on any atom is 0.127 e. The third kappa shape index (κ3) is 2.85. The second kappa shape index (κ2) is 6.20. The fraction of sp³-hybridized carbons (Fsp3) is 0.444. The molecule has 2 nitrogen and oxygen atoms in total. The molecule has 1 N–H and O–H groups in total. The Bertz CT molecular complexity index is 613. The van der Waals surface area contributed by atoms with Gasteiger partial charge >= 0.3 is 0 Å². The first-order chi connectivity index (χ1) is 10.2. The van der Waals surface area contributed by atoms with Crippen molar-refractivity contribution in [2.45, 2.75) is 39.7 Å². The smallest absolute Gasteiger partial charge is 0.127 e. The molecule has 1 atom stereocenters. The monoisotopic (exact) mass is 301 g/mol. The summed E-state index contributed by atoms with van der Waals surface area (Å²) in [5, 5.41) is 3.64. The van der Waals surface area contributed by atoms with Gasteiger partial charge in [0, 0.05) is 15.3 Å². The van der Waals surface area contributed by atoms with Crippen molar-refractivity contribution in [1.82, 2.24) is 5.32 Å². The molecule has 2 heterocycles. The average molecular weight is 301 g/mol. The lowest BCUT2D eigenvalue weighted by Gasteiger charge is -2.25. The molecule has 1 aromatic heterocycles. The van der Waals surface area contributed by atoms with Crippen LogP contribution in [0.4, 0.5) is 0 Å². The van der Waals surface area contributed by atoms with Gasteiger partial charge in [-0.05, 0) is 50.4 Å². The first kappa shape index (κ1) is 14.6. The van der Waals surface area contributed by atoms with Gasteiger partial charge in [0.1, 0.15) is 5.75 Å². The quantitative estimate of drug-likeness (QED) is 0.904. The van der Waals surface area contributed by atoms with Crippen LogP contribution < -0.4 is 10.1 Å². The first-order valence-electron chi connectivity index (χ1n) is 7.75. The number of thiophene rings is 1. The number of aryl methyl sites for hydroxylation is 3. The number of fused-ring (bicyclic) bond motifs is 1. The molecule has 0 bridgehead atoms. The topological polar surface area (TPSA) is 21.3 Å². The number of ether oxygens (including phenoxy) is 1. The van der Waals surface area contributed by atoms with Gasteiger partial charge in [-0.1, -0.05) is 25.1 Å². The largest absolute Gasteiger partial charge is 0.493 e. The molecule has 1 aromatic carbocycles. The Morgan fingerprint density at radius 2 is 2.19 bits per heavy atom. The summed E-state index contributed by atoms with van der Waals surface area (Å²) in [6.45, 7) is 8.34. The molecule has 0 spiro atoms. The molecular weight excluding hydrogens is 278 g/mol. The van der Waals surface area contributed by atoms with E-state index in [4.69, 9.17) is 4.74 Å². The van der Waals surface area contributed by atoms with Gasteiger partial charge in [0.15, 0.2) is 0 Å². The van der Waals surface area contributed by atoms with E-state index in [2.05, 4.69) is 50.4 Å². The lowest BCUT2D eigenvalue weighted by Crippen LogP contribution is -2.23. The number of para-hydroxylation sites is 1. The lowest BCUT2D eigenvalue weighted by atomic mass is 9.97. The van der Waals surface area contributed by atoms with Crippen LogP contribution in [0.15, 0.2) is 24.3 Å². The molecular formula is C18H23NOS. The minimum atomic E-state index is 0.237. The third-order valence-corrected chi connectivity index (χ3v) is 5.37. The van der Waals surface area contributed by atoms with Gasteiger partial charge in [-0.25, -0.2) is 0 Å². The molecule has 0 aliphatic carbocycles. The summed E-state index contributed by atoms with van der Waals surface area (Å²) in [5.74, 6) is 1.11. The molecule has 0 saturated carbocycles. The highest BCUT2D eigenvalue weighted by Gasteiger charge is 2.23. The fourth-order valence-corrected chi connectivity index (χ4v) is 4.09. The summed E-state index contributed by atoms with van der Waals surface area (Å²) in [5.41, 5.74) is 4.02. The van der Waals surface area contributed by atoms with E-state index in [1.54, 1.807) is 0 Å². The number of benzene rings is 1. The highest BCUT2D eigenvalue weighted by molar-refractivity contribution is 7.12. The van der Waals surface area contributed by atoms with Crippen LogP contribution in [0, 0.1) is 13.8 Å². The van der Waals surface area contributed by atoms with Crippen LogP contribution in [-0.4, -0.2) is 13.2 Å². The van der Waals surface area contributed by atoms with Gasteiger partial charge < -0.3 is 10.1 Å². The van der Waals surface area contributed by atoms with Crippen molar-refractivity contribution in [3.63, 3.8) is 0 Å². The zero-order valence-electron chi connectivity index (χ0n) is 13.0. The van der Waals surface area contributed by atoms with E-state index in [-0.39, 0.29) is 6.04 Å². The van der Waals surface area contributed by atoms with Crippen LogP contribution in [0.3, 0.4) is 0 Å². The number of hydrogen-bond donors (Lipinski definition) is 1. The highest BCUT2D eigenvalue weighted by atomic mass is 32.1. The SMILES string of the molecule is CCNC(c1cc(C)c(C)s1)c1cccc2c1OCCC2. The Hall–Kier alpha value is -1.32.